The zero-order valence-corrected chi connectivity index (χ0v) is 8.49. The van der Waals surface area contributed by atoms with Crippen LogP contribution >= 0.6 is 11.8 Å². The van der Waals surface area contributed by atoms with Crippen molar-refractivity contribution in [2.45, 2.75) is 19.8 Å². The first kappa shape index (κ1) is 11.6. The van der Waals surface area contributed by atoms with Gasteiger partial charge in [0.1, 0.15) is 0 Å². The molecule has 0 aliphatic heterocycles. The zero-order chi connectivity index (χ0) is 9.61. The number of hydrogen-bond donors (Lipinski definition) is 1. The summed E-state index contributed by atoms with van der Waals surface area (Å²) in [5.41, 5.74) is -0.740. The molecule has 1 unspecified atom stereocenters. The number of rotatable bonds is 6. The molecule has 70 valence electrons. The highest BCUT2D eigenvalue weighted by atomic mass is 32.2. The molecule has 0 amide bonds. The largest absolute Gasteiger partial charge is 0.481 e. The molecule has 0 aliphatic carbocycles. The third-order valence-electron chi connectivity index (χ3n) is 1.98. The van der Waals surface area contributed by atoms with Gasteiger partial charge < -0.3 is 5.11 Å². The van der Waals surface area contributed by atoms with Gasteiger partial charge in [0.25, 0.3) is 0 Å². The van der Waals surface area contributed by atoms with Crippen LogP contribution < -0.4 is 0 Å². The first-order chi connectivity index (χ1) is 5.56. The van der Waals surface area contributed by atoms with Crippen LogP contribution in [0.2, 0.25) is 0 Å². The molecule has 3 heteroatoms. The van der Waals surface area contributed by atoms with E-state index >= 15 is 0 Å². The van der Waals surface area contributed by atoms with E-state index in [4.69, 9.17) is 5.11 Å². The summed E-state index contributed by atoms with van der Waals surface area (Å²) < 4.78 is 0. The SMILES string of the molecule is C=CC(C)(CCCSC)C(=O)O. The van der Waals surface area contributed by atoms with Crippen LogP contribution in [0, 0.1) is 5.41 Å². The summed E-state index contributed by atoms with van der Waals surface area (Å²) in [6.07, 6.45) is 5.14. The molecule has 0 saturated carbocycles. The van der Waals surface area contributed by atoms with Gasteiger partial charge in [-0.05, 0) is 31.8 Å². The lowest BCUT2D eigenvalue weighted by atomic mass is 9.86. The number of aliphatic carboxylic acids is 1. The lowest BCUT2D eigenvalue weighted by Crippen LogP contribution is -2.24. The normalized spacial score (nSPS) is 15.2. The van der Waals surface area contributed by atoms with Gasteiger partial charge in [-0.2, -0.15) is 11.8 Å². The Hall–Kier alpha value is -0.440. The van der Waals surface area contributed by atoms with Crippen LogP contribution in [0.3, 0.4) is 0 Å². The molecule has 0 heterocycles. The minimum absolute atomic E-state index is 0.673. The lowest BCUT2D eigenvalue weighted by Gasteiger charge is -2.19. The second kappa shape index (κ2) is 5.25. The maximum atomic E-state index is 10.8. The van der Waals surface area contributed by atoms with Gasteiger partial charge in [-0.15, -0.1) is 6.58 Å². The van der Waals surface area contributed by atoms with Crippen LogP contribution in [0.5, 0.6) is 0 Å². The van der Waals surface area contributed by atoms with E-state index in [0.717, 1.165) is 12.2 Å². The average molecular weight is 188 g/mol. The van der Waals surface area contributed by atoms with Crippen LogP contribution in [0.25, 0.3) is 0 Å². The van der Waals surface area contributed by atoms with E-state index in [1.807, 2.05) is 6.26 Å². The maximum Gasteiger partial charge on any atom is 0.313 e. The van der Waals surface area contributed by atoms with Gasteiger partial charge in [0.15, 0.2) is 0 Å². The standard InChI is InChI=1S/C9H16O2S/c1-4-9(2,8(10)11)6-5-7-12-3/h4H,1,5-7H2,2-3H3,(H,10,11). The second-order valence-corrected chi connectivity index (χ2v) is 4.01. The summed E-state index contributed by atoms with van der Waals surface area (Å²) in [5.74, 6) is 0.232. The fraction of sp³-hybridized carbons (Fsp3) is 0.667. The predicted octanol–water partition coefficient (Wildman–Crippen LogP) is 2.41. The van der Waals surface area contributed by atoms with Crippen LogP contribution in [-0.4, -0.2) is 23.1 Å². The summed E-state index contributed by atoms with van der Waals surface area (Å²) in [5, 5.41) is 8.85. The minimum atomic E-state index is -0.779. The molecular formula is C9H16O2S. The molecule has 0 aromatic heterocycles. The first-order valence-corrected chi connectivity index (χ1v) is 5.32. The van der Waals surface area contributed by atoms with Gasteiger partial charge in [0.05, 0.1) is 5.41 Å². The van der Waals surface area contributed by atoms with Gasteiger partial charge in [0, 0.05) is 0 Å². The van der Waals surface area contributed by atoms with E-state index in [1.165, 1.54) is 6.08 Å². The summed E-state index contributed by atoms with van der Waals surface area (Å²) in [6.45, 7) is 5.26. The Morgan fingerprint density at radius 3 is 2.67 bits per heavy atom. The van der Waals surface area contributed by atoms with Gasteiger partial charge in [-0.25, -0.2) is 0 Å². The summed E-state index contributed by atoms with van der Waals surface area (Å²) in [7, 11) is 0. The highest BCUT2D eigenvalue weighted by Gasteiger charge is 2.28. The Morgan fingerprint density at radius 2 is 2.33 bits per heavy atom. The molecule has 0 spiro atoms. The van der Waals surface area contributed by atoms with E-state index in [1.54, 1.807) is 18.7 Å². The smallest absolute Gasteiger partial charge is 0.313 e. The molecule has 0 aromatic carbocycles. The molecule has 0 aliphatic rings. The molecule has 12 heavy (non-hydrogen) atoms. The number of thioether (sulfide) groups is 1. The van der Waals surface area contributed by atoms with Crippen LogP contribution in [0.4, 0.5) is 0 Å². The molecule has 0 radical (unpaired) electrons. The molecule has 0 rings (SSSR count). The molecule has 0 saturated heterocycles. The topological polar surface area (TPSA) is 37.3 Å². The lowest BCUT2D eigenvalue weighted by molar-refractivity contribution is -0.145. The van der Waals surface area contributed by atoms with E-state index < -0.39 is 11.4 Å². The number of hydrogen-bond acceptors (Lipinski definition) is 2. The molecular weight excluding hydrogens is 172 g/mol. The number of carboxylic acids is 1. The maximum absolute atomic E-state index is 10.8. The van der Waals surface area contributed by atoms with Gasteiger partial charge in [-0.3, -0.25) is 4.79 Å². The van der Waals surface area contributed by atoms with Crippen LogP contribution in [0.15, 0.2) is 12.7 Å². The van der Waals surface area contributed by atoms with Crippen molar-refractivity contribution >= 4 is 17.7 Å². The molecule has 0 fully saturated rings. The molecule has 1 N–H and O–H groups in total. The quantitative estimate of drug-likeness (QED) is 0.513. The summed E-state index contributed by atoms with van der Waals surface area (Å²) in [4.78, 5) is 10.8. The Kier molecular flexibility index (Phi) is 5.06. The molecule has 0 aromatic rings. The Morgan fingerprint density at radius 1 is 1.75 bits per heavy atom. The predicted molar refractivity (Wildman–Crippen MR) is 53.6 cm³/mol. The Bertz CT molecular complexity index is 168. The first-order valence-electron chi connectivity index (χ1n) is 3.93. The second-order valence-electron chi connectivity index (χ2n) is 3.02. The van der Waals surface area contributed by atoms with Gasteiger partial charge in [0.2, 0.25) is 0 Å². The van der Waals surface area contributed by atoms with Crippen molar-refractivity contribution in [3.8, 4) is 0 Å². The van der Waals surface area contributed by atoms with Gasteiger partial charge >= 0.3 is 5.97 Å². The van der Waals surface area contributed by atoms with Crippen LogP contribution in [0.1, 0.15) is 19.8 Å². The average Bonchev–Trinajstić information content (AvgIpc) is 2.04. The third kappa shape index (κ3) is 3.30. The molecule has 0 bridgehead atoms. The molecule has 2 nitrogen and oxygen atoms in total. The Labute approximate surface area is 78.0 Å². The van der Waals surface area contributed by atoms with Crippen molar-refractivity contribution in [3.05, 3.63) is 12.7 Å². The highest BCUT2D eigenvalue weighted by molar-refractivity contribution is 7.98. The fourth-order valence-electron chi connectivity index (χ4n) is 0.880. The van der Waals surface area contributed by atoms with E-state index in [0.29, 0.717) is 6.42 Å². The monoisotopic (exact) mass is 188 g/mol. The Balaban J connectivity index is 3.97. The minimum Gasteiger partial charge on any atom is -0.481 e. The van der Waals surface area contributed by atoms with Crippen molar-refractivity contribution in [2.24, 2.45) is 5.41 Å². The van der Waals surface area contributed by atoms with Crippen molar-refractivity contribution in [2.75, 3.05) is 12.0 Å². The zero-order valence-electron chi connectivity index (χ0n) is 7.67. The van der Waals surface area contributed by atoms with Crippen molar-refractivity contribution in [3.63, 3.8) is 0 Å². The van der Waals surface area contributed by atoms with E-state index in [2.05, 4.69) is 6.58 Å². The van der Waals surface area contributed by atoms with Crippen molar-refractivity contribution in [1.82, 2.24) is 0 Å². The van der Waals surface area contributed by atoms with Crippen LogP contribution in [-0.2, 0) is 4.79 Å². The van der Waals surface area contributed by atoms with E-state index in [9.17, 15) is 4.79 Å². The third-order valence-corrected chi connectivity index (χ3v) is 2.68. The highest BCUT2D eigenvalue weighted by Crippen LogP contribution is 2.25. The van der Waals surface area contributed by atoms with Crippen molar-refractivity contribution in [1.29, 1.82) is 0 Å². The number of carboxylic acid groups (broad SMARTS) is 1. The van der Waals surface area contributed by atoms with Crippen molar-refractivity contribution < 1.29 is 9.90 Å². The number of carbonyl (C=O) groups is 1. The fourth-order valence-corrected chi connectivity index (χ4v) is 1.31. The summed E-state index contributed by atoms with van der Waals surface area (Å²) >= 11 is 1.74. The van der Waals surface area contributed by atoms with E-state index in [-0.39, 0.29) is 0 Å². The summed E-state index contributed by atoms with van der Waals surface area (Å²) in [6, 6.07) is 0. The molecule has 1 atom stereocenters. The van der Waals surface area contributed by atoms with Gasteiger partial charge in [-0.1, -0.05) is 6.08 Å².